The summed E-state index contributed by atoms with van der Waals surface area (Å²) in [6, 6.07) is 0. The van der Waals surface area contributed by atoms with E-state index in [9.17, 15) is 9.18 Å². The number of carbonyl (C=O) groups is 1. The van der Waals surface area contributed by atoms with Crippen molar-refractivity contribution in [1.29, 1.82) is 0 Å². The van der Waals surface area contributed by atoms with Crippen LogP contribution in [0.2, 0.25) is 0 Å². The molecular weight excluding hydrogens is 153 g/mol. The van der Waals surface area contributed by atoms with Gasteiger partial charge in [0.1, 0.15) is 0 Å². The maximum Gasteiger partial charge on any atom is 0.326 e. The molecule has 0 radical (unpaired) electrons. The van der Waals surface area contributed by atoms with Gasteiger partial charge in [-0.25, -0.2) is 4.39 Å². The Bertz CT molecular complexity index is 175. The maximum absolute atomic E-state index is 12.9. The molecule has 1 fully saturated rings. The van der Waals surface area contributed by atoms with Gasteiger partial charge in [0, 0.05) is 13.0 Å². The van der Waals surface area contributed by atoms with Crippen LogP contribution in [-0.2, 0) is 9.53 Å². The smallest absolute Gasteiger partial charge is 0.326 e. The summed E-state index contributed by atoms with van der Waals surface area (Å²) in [5.74, 6) is -1.30. The third-order valence-electron chi connectivity index (χ3n) is 1.88. The van der Waals surface area contributed by atoms with Crippen molar-refractivity contribution in [3.05, 3.63) is 0 Å². The van der Waals surface area contributed by atoms with Crippen LogP contribution in [0.4, 0.5) is 4.39 Å². The lowest BCUT2D eigenvalue weighted by Gasteiger charge is -2.32. The van der Waals surface area contributed by atoms with Crippen molar-refractivity contribution in [3.8, 4) is 0 Å². The first kappa shape index (κ1) is 8.42. The summed E-state index contributed by atoms with van der Waals surface area (Å²) >= 11 is 0. The average molecular weight is 163 g/mol. The van der Waals surface area contributed by atoms with E-state index in [2.05, 4.69) is 0 Å². The number of alkyl halides is 1. The van der Waals surface area contributed by atoms with E-state index in [1.807, 2.05) is 0 Å². The minimum Gasteiger partial charge on any atom is -0.480 e. The number of ether oxygens (including phenoxy) is 1. The van der Waals surface area contributed by atoms with E-state index in [4.69, 9.17) is 15.6 Å². The molecule has 5 heteroatoms. The van der Waals surface area contributed by atoms with Crippen molar-refractivity contribution >= 4 is 5.97 Å². The summed E-state index contributed by atoms with van der Waals surface area (Å²) in [6.07, 6.45) is -1.57. The molecule has 1 aliphatic rings. The highest BCUT2D eigenvalue weighted by molar-refractivity contribution is 5.79. The Balaban J connectivity index is 2.72. The van der Waals surface area contributed by atoms with E-state index in [1.165, 1.54) is 0 Å². The Hall–Kier alpha value is -0.680. The molecule has 0 aromatic heterocycles. The molecular formula is C6H10FNO3. The minimum absolute atomic E-state index is 0.0312. The molecule has 3 N–H and O–H groups in total. The van der Waals surface area contributed by atoms with Crippen molar-refractivity contribution < 1.29 is 19.0 Å². The summed E-state index contributed by atoms with van der Waals surface area (Å²) in [7, 11) is 0. The summed E-state index contributed by atoms with van der Waals surface area (Å²) in [6.45, 7) is -0.00792. The molecule has 1 rings (SSSR count). The number of aliphatic carboxylic acids is 1. The summed E-state index contributed by atoms with van der Waals surface area (Å²) in [5, 5.41) is 8.55. The SMILES string of the molecule is NC1(C(=O)O)CCOCC1F. The fraction of sp³-hybridized carbons (Fsp3) is 0.833. The molecule has 64 valence electrons. The molecule has 2 atom stereocenters. The zero-order valence-electron chi connectivity index (χ0n) is 5.92. The van der Waals surface area contributed by atoms with Crippen LogP contribution in [0, 0.1) is 0 Å². The highest BCUT2D eigenvalue weighted by atomic mass is 19.1. The average Bonchev–Trinajstić information content (AvgIpc) is 1.95. The first-order valence-corrected chi connectivity index (χ1v) is 3.31. The molecule has 11 heavy (non-hydrogen) atoms. The first-order valence-electron chi connectivity index (χ1n) is 3.31. The largest absolute Gasteiger partial charge is 0.480 e. The second-order valence-electron chi connectivity index (χ2n) is 2.64. The molecule has 0 aromatic rings. The molecule has 2 unspecified atom stereocenters. The van der Waals surface area contributed by atoms with E-state index < -0.39 is 17.7 Å². The van der Waals surface area contributed by atoms with Crippen LogP contribution in [0.5, 0.6) is 0 Å². The van der Waals surface area contributed by atoms with Gasteiger partial charge in [0.05, 0.1) is 6.61 Å². The minimum atomic E-state index is -1.74. The highest BCUT2D eigenvalue weighted by Crippen LogP contribution is 2.21. The van der Waals surface area contributed by atoms with Crippen LogP contribution in [0.15, 0.2) is 0 Å². The number of hydrogen-bond acceptors (Lipinski definition) is 3. The van der Waals surface area contributed by atoms with Crippen LogP contribution < -0.4 is 5.73 Å². The predicted octanol–water partition coefficient (Wildman–Crippen LogP) is -0.473. The Labute approximate surface area is 63.1 Å². The standard InChI is InChI=1S/C6H10FNO3/c7-4-3-11-2-1-6(4,8)5(9)10/h4H,1-3,8H2,(H,9,10). The molecule has 0 saturated carbocycles. The third kappa shape index (κ3) is 1.34. The lowest BCUT2D eigenvalue weighted by molar-refractivity contribution is -0.151. The molecule has 4 nitrogen and oxygen atoms in total. The monoisotopic (exact) mass is 163 g/mol. The van der Waals surface area contributed by atoms with Gasteiger partial charge >= 0.3 is 5.97 Å². The summed E-state index contributed by atoms with van der Waals surface area (Å²) < 4.78 is 17.6. The molecule has 1 aliphatic heterocycles. The van der Waals surface area contributed by atoms with Gasteiger partial charge in [-0.2, -0.15) is 0 Å². The van der Waals surface area contributed by atoms with E-state index in [0.29, 0.717) is 0 Å². The van der Waals surface area contributed by atoms with Crippen molar-refractivity contribution in [1.82, 2.24) is 0 Å². The molecule has 0 bridgehead atoms. The number of halogens is 1. The van der Waals surface area contributed by atoms with Gasteiger partial charge in [-0.05, 0) is 0 Å². The van der Waals surface area contributed by atoms with E-state index in [-0.39, 0.29) is 19.6 Å². The Morgan fingerprint density at radius 3 is 2.82 bits per heavy atom. The van der Waals surface area contributed by atoms with Gasteiger partial charge in [-0.1, -0.05) is 0 Å². The lowest BCUT2D eigenvalue weighted by Crippen LogP contribution is -2.60. The zero-order valence-corrected chi connectivity index (χ0v) is 5.92. The molecule has 0 spiro atoms. The fourth-order valence-electron chi connectivity index (χ4n) is 0.974. The van der Waals surface area contributed by atoms with Gasteiger partial charge in [-0.3, -0.25) is 4.79 Å². The van der Waals surface area contributed by atoms with Gasteiger partial charge in [-0.15, -0.1) is 0 Å². The van der Waals surface area contributed by atoms with Crippen molar-refractivity contribution in [3.63, 3.8) is 0 Å². The second kappa shape index (κ2) is 2.75. The molecule has 0 amide bonds. The quantitative estimate of drug-likeness (QED) is 0.548. The van der Waals surface area contributed by atoms with Gasteiger partial charge in [0.25, 0.3) is 0 Å². The van der Waals surface area contributed by atoms with Gasteiger partial charge < -0.3 is 15.6 Å². The topological polar surface area (TPSA) is 72.6 Å². The Morgan fingerprint density at radius 1 is 1.82 bits per heavy atom. The van der Waals surface area contributed by atoms with Crippen LogP contribution in [-0.4, -0.2) is 36.0 Å². The fourth-order valence-corrected chi connectivity index (χ4v) is 0.974. The predicted molar refractivity (Wildman–Crippen MR) is 34.9 cm³/mol. The summed E-state index contributed by atoms with van der Waals surface area (Å²) in [4.78, 5) is 10.5. The normalized spacial score (nSPS) is 38.5. The van der Waals surface area contributed by atoms with E-state index >= 15 is 0 Å². The van der Waals surface area contributed by atoms with Crippen LogP contribution in [0.3, 0.4) is 0 Å². The first-order chi connectivity index (χ1) is 5.07. The van der Waals surface area contributed by atoms with Gasteiger partial charge in [0.2, 0.25) is 0 Å². The van der Waals surface area contributed by atoms with Crippen LogP contribution >= 0.6 is 0 Å². The van der Waals surface area contributed by atoms with Crippen molar-refractivity contribution in [2.75, 3.05) is 13.2 Å². The number of carboxylic acid groups (broad SMARTS) is 1. The number of rotatable bonds is 1. The number of carboxylic acids is 1. The Kier molecular flexibility index (Phi) is 2.10. The second-order valence-corrected chi connectivity index (χ2v) is 2.64. The number of hydrogen-bond donors (Lipinski definition) is 2. The molecule has 0 aromatic carbocycles. The number of nitrogens with two attached hydrogens (primary N) is 1. The molecule has 1 heterocycles. The Morgan fingerprint density at radius 2 is 2.45 bits per heavy atom. The van der Waals surface area contributed by atoms with Crippen molar-refractivity contribution in [2.45, 2.75) is 18.1 Å². The lowest BCUT2D eigenvalue weighted by atomic mass is 9.90. The van der Waals surface area contributed by atoms with Crippen LogP contribution in [0.1, 0.15) is 6.42 Å². The third-order valence-corrected chi connectivity index (χ3v) is 1.88. The van der Waals surface area contributed by atoms with Crippen LogP contribution in [0.25, 0.3) is 0 Å². The molecule has 1 saturated heterocycles. The zero-order chi connectivity index (χ0) is 8.48. The van der Waals surface area contributed by atoms with Crippen molar-refractivity contribution in [2.24, 2.45) is 5.73 Å². The van der Waals surface area contributed by atoms with E-state index in [1.54, 1.807) is 0 Å². The molecule has 0 aliphatic carbocycles. The van der Waals surface area contributed by atoms with Gasteiger partial charge in [0.15, 0.2) is 11.7 Å². The summed E-state index contributed by atoms with van der Waals surface area (Å²) in [5.41, 5.74) is 3.55. The van der Waals surface area contributed by atoms with E-state index in [0.717, 1.165) is 0 Å². The highest BCUT2D eigenvalue weighted by Gasteiger charge is 2.45. The maximum atomic E-state index is 12.9.